The van der Waals surface area contributed by atoms with Crippen molar-refractivity contribution < 1.29 is 9.47 Å². The highest BCUT2D eigenvalue weighted by molar-refractivity contribution is 4.33. The number of ether oxygens (including phenoxy) is 2. The molecule has 0 aromatic carbocycles. The SMILES string of the molecule is CCCCOCCCC.COC. The molecular formula is C10H24O2. The highest BCUT2D eigenvalue weighted by Crippen LogP contribution is 1.91. The second-order valence-corrected chi connectivity index (χ2v) is 2.73. The van der Waals surface area contributed by atoms with Crippen LogP contribution in [0.4, 0.5) is 0 Å². The van der Waals surface area contributed by atoms with Gasteiger partial charge in [-0.15, -0.1) is 0 Å². The van der Waals surface area contributed by atoms with Crippen molar-refractivity contribution in [3.63, 3.8) is 0 Å². The zero-order chi connectivity index (χ0) is 9.66. The third-order valence-electron chi connectivity index (χ3n) is 1.28. The minimum atomic E-state index is 0.955. The van der Waals surface area contributed by atoms with Crippen molar-refractivity contribution >= 4 is 0 Å². The van der Waals surface area contributed by atoms with Crippen LogP contribution in [0.5, 0.6) is 0 Å². The Morgan fingerprint density at radius 2 is 1.17 bits per heavy atom. The summed E-state index contributed by atoms with van der Waals surface area (Å²) in [6.45, 7) is 6.28. The van der Waals surface area contributed by atoms with Crippen LogP contribution in [0, 0.1) is 0 Å². The summed E-state index contributed by atoms with van der Waals surface area (Å²) in [5, 5.41) is 0. The molecule has 0 saturated carbocycles. The van der Waals surface area contributed by atoms with Crippen LogP contribution in [0.1, 0.15) is 39.5 Å². The quantitative estimate of drug-likeness (QED) is 0.579. The highest BCUT2D eigenvalue weighted by Gasteiger charge is 1.84. The van der Waals surface area contributed by atoms with Crippen LogP contribution in [0.3, 0.4) is 0 Å². The fourth-order valence-electron chi connectivity index (χ4n) is 0.595. The van der Waals surface area contributed by atoms with E-state index in [0.717, 1.165) is 13.2 Å². The van der Waals surface area contributed by atoms with E-state index in [1.54, 1.807) is 14.2 Å². The van der Waals surface area contributed by atoms with E-state index in [0.29, 0.717) is 0 Å². The lowest BCUT2D eigenvalue weighted by molar-refractivity contribution is 0.128. The minimum absolute atomic E-state index is 0.955. The van der Waals surface area contributed by atoms with E-state index in [1.165, 1.54) is 25.7 Å². The van der Waals surface area contributed by atoms with E-state index in [9.17, 15) is 0 Å². The van der Waals surface area contributed by atoms with Gasteiger partial charge in [-0.05, 0) is 12.8 Å². The zero-order valence-corrected chi connectivity index (χ0v) is 9.06. The highest BCUT2D eigenvalue weighted by atomic mass is 16.5. The fourth-order valence-corrected chi connectivity index (χ4v) is 0.595. The van der Waals surface area contributed by atoms with Crippen molar-refractivity contribution in [3.8, 4) is 0 Å². The molecule has 0 aliphatic heterocycles. The fraction of sp³-hybridized carbons (Fsp3) is 1.00. The molecule has 0 rings (SSSR count). The van der Waals surface area contributed by atoms with Gasteiger partial charge in [0.2, 0.25) is 0 Å². The molecular weight excluding hydrogens is 152 g/mol. The summed E-state index contributed by atoms with van der Waals surface area (Å²) in [6.07, 6.45) is 4.91. The van der Waals surface area contributed by atoms with Crippen LogP contribution in [0.25, 0.3) is 0 Å². The Hall–Kier alpha value is -0.0800. The Labute approximate surface area is 77.3 Å². The summed E-state index contributed by atoms with van der Waals surface area (Å²) in [7, 11) is 3.25. The van der Waals surface area contributed by atoms with Crippen LogP contribution in [-0.4, -0.2) is 27.4 Å². The lowest BCUT2D eigenvalue weighted by atomic mass is 10.3. The second kappa shape index (κ2) is 17.1. The molecule has 0 unspecified atom stereocenters. The van der Waals surface area contributed by atoms with Gasteiger partial charge in [-0.25, -0.2) is 0 Å². The van der Waals surface area contributed by atoms with Gasteiger partial charge in [0.25, 0.3) is 0 Å². The molecule has 0 heterocycles. The predicted octanol–water partition coefficient (Wildman–Crippen LogP) is 2.87. The van der Waals surface area contributed by atoms with Gasteiger partial charge in [0, 0.05) is 27.4 Å². The standard InChI is InChI=1S/C8H18O.C2H6O/c1-3-5-7-9-8-6-4-2;1-3-2/h3-8H2,1-2H3;1-2H3. The Balaban J connectivity index is 0. The van der Waals surface area contributed by atoms with Crippen molar-refractivity contribution in [2.75, 3.05) is 27.4 Å². The summed E-state index contributed by atoms with van der Waals surface area (Å²) < 4.78 is 9.56. The van der Waals surface area contributed by atoms with Crippen molar-refractivity contribution in [3.05, 3.63) is 0 Å². The van der Waals surface area contributed by atoms with E-state index in [1.807, 2.05) is 0 Å². The van der Waals surface area contributed by atoms with Crippen molar-refractivity contribution in [1.82, 2.24) is 0 Å². The summed E-state index contributed by atoms with van der Waals surface area (Å²) in [4.78, 5) is 0. The Kier molecular flexibility index (Phi) is 20.6. The number of unbranched alkanes of at least 4 members (excludes halogenated alkanes) is 2. The molecule has 0 fully saturated rings. The maximum absolute atomic E-state index is 5.31. The molecule has 0 aliphatic carbocycles. The maximum Gasteiger partial charge on any atom is 0.0465 e. The summed E-state index contributed by atoms with van der Waals surface area (Å²) in [5.74, 6) is 0. The van der Waals surface area contributed by atoms with Crippen LogP contribution in [0.2, 0.25) is 0 Å². The van der Waals surface area contributed by atoms with Gasteiger partial charge in [0.1, 0.15) is 0 Å². The zero-order valence-electron chi connectivity index (χ0n) is 9.06. The molecule has 0 N–H and O–H groups in total. The number of hydrogen-bond acceptors (Lipinski definition) is 2. The first-order valence-corrected chi connectivity index (χ1v) is 4.81. The summed E-state index contributed by atoms with van der Waals surface area (Å²) in [6, 6.07) is 0. The topological polar surface area (TPSA) is 18.5 Å². The van der Waals surface area contributed by atoms with Gasteiger partial charge in [0.15, 0.2) is 0 Å². The van der Waals surface area contributed by atoms with Crippen LogP contribution >= 0.6 is 0 Å². The molecule has 0 aliphatic rings. The average molecular weight is 176 g/mol. The van der Waals surface area contributed by atoms with Crippen LogP contribution in [0.15, 0.2) is 0 Å². The van der Waals surface area contributed by atoms with Crippen molar-refractivity contribution in [2.24, 2.45) is 0 Å². The number of hydrogen-bond donors (Lipinski definition) is 0. The first-order chi connectivity index (χ1) is 5.83. The van der Waals surface area contributed by atoms with Crippen LogP contribution in [-0.2, 0) is 9.47 Å². The molecule has 0 aromatic rings. The van der Waals surface area contributed by atoms with E-state index in [-0.39, 0.29) is 0 Å². The third kappa shape index (κ3) is 22.5. The Morgan fingerprint density at radius 1 is 0.833 bits per heavy atom. The average Bonchev–Trinajstić information content (AvgIpc) is 2.06. The molecule has 0 amide bonds. The second-order valence-electron chi connectivity index (χ2n) is 2.73. The maximum atomic E-state index is 5.31. The van der Waals surface area contributed by atoms with E-state index >= 15 is 0 Å². The monoisotopic (exact) mass is 176 g/mol. The summed E-state index contributed by atoms with van der Waals surface area (Å²) >= 11 is 0. The molecule has 0 atom stereocenters. The van der Waals surface area contributed by atoms with Gasteiger partial charge < -0.3 is 9.47 Å². The normalized spacial score (nSPS) is 9.00. The van der Waals surface area contributed by atoms with Gasteiger partial charge in [-0.2, -0.15) is 0 Å². The van der Waals surface area contributed by atoms with E-state index < -0.39 is 0 Å². The Morgan fingerprint density at radius 3 is 1.42 bits per heavy atom. The first kappa shape index (κ1) is 14.4. The first-order valence-electron chi connectivity index (χ1n) is 4.81. The number of rotatable bonds is 6. The third-order valence-corrected chi connectivity index (χ3v) is 1.28. The number of methoxy groups -OCH3 is 1. The van der Waals surface area contributed by atoms with Gasteiger partial charge >= 0.3 is 0 Å². The molecule has 0 bridgehead atoms. The Bertz CT molecular complexity index is 49.8. The molecule has 0 spiro atoms. The van der Waals surface area contributed by atoms with E-state index in [4.69, 9.17) is 4.74 Å². The lowest BCUT2D eigenvalue weighted by Gasteiger charge is -1.99. The molecule has 0 saturated heterocycles. The predicted molar refractivity (Wildman–Crippen MR) is 53.6 cm³/mol. The van der Waals surface area contributed by atoms with Gasteiger partial charge in [-0.3, -0.25) is 0 Å². The summed E-state index contributed by atoms with van der Waals surface area (Å²) in [5.41, 5.74) is 0. The van der Waals surface area contributed by atoms with Gasteiger partial charge in [-0.1, -0.05) is 26.7 Å². The smallest absolute Gasteiger partial charge is 0.0465 e. The largest absolute Gasteiger partial charge is 0.388 e. The van der Waals surface area contributed by atoms with Crippen molar-refractivity contribution in [1.29, 1.82) is 0 Å². The van der Waals surface area contributed by atoms with Gasteiger partial charge in [0.05, 0.1) is 0 Å². The molecule has 0 radical (unpaired) electrons. The minimum Gasteiger partial charge on any atom is -0.388 e. The molecule has 76 valence electrons. The van der Waals surface area contributed by atoms with Crippen molar-refractivity contribution in [2.45, 2.75) is 39.5 Å². The van der Waals surface area contributed by atoms with Crippen LogP contribution < -0.4 is 0 Å². The van der Waals surface area contributed by atoms with E-state index in [2.05, 4.69) is 18.6 Å². The molecule has 2 heteroatoms. The lowest BCUT2D eigenvalue weighted by Crippen LogP contribution is -1.95. The molecule has 12 heavy (non-hydrogen) atoms. The molecule has 0 aromatic heterocycles. The molecule has 2 nitrogen and oxygen atoms in total.